The number of hydrogen-bond donors (Lipinski definition) is 1. The molecule has 0 saturated heterocycles. The molecule has 3 rings (SSSR count). The molecule has 0 aliphatic rings. The van der Waals surface area contributed by atoms with Gasteiger partial charge in [-0.15, -0.1) is 10.2 Å². The number of nitrogens with zero attached hydrogens (tertiary/aromatic N) is 4. The summed E-state index contributed by atoms with van der Waals surface area (Å²) in [6.07, 6.45) is 4.33. The number of benzene rings is 1. The van der Waals surface area contributed by atoms with Crippen molar-refractivity contribution in [2.24, 2.45) is 0 Å². The van der Waals surface area contributed by atoms with Crippen LogP contribution in [0.2, 0.25) is 0 Å². The Labute approximate surface area is 121 Å². The van der Waals surface area contributed by atoms with Gasteiger partial charge in [-0.1, -0.05) is 12.1 Å². The zero-order valence-electron chi connectivity index (χ0n) is 11.9. The first-order chi connectivity index (χ1) is 10.1. The van der Waals surface area contributed by atoms with Crippen LogP contribution in [0.4, 0.5) is 10.2 Å². The number of fused-ring (bicyclic) bond motifs is 1. The zero-order chi connectivity index (χ0) is 14.8. The third kappa shape index (κ3) is 2.84. The molecule has 0 bridgehead atoms. The van der Waals surface area contributed by atoms with Gasteiger partial charge in [0, 0.05) is 18.4 Å². The van der Waals surface area contributed by atoms with Gasteiger partial charge in [0.1, 0.15) is 11.6 Å². The van der Waals surface area contributed by atoms with Crippen LogP contribution in [0, 0.1) is 12.7 Å². The van der Waals surface area contributed by atoms with Crippen LogP contribution < -0.4 is 5.32 Å². The molecule has 2 aromatic heterocycles. The van der Waals surface area contributed by atoms with Crippen LogP contribution in [0.5, 0.6) is 0 Å². The fourth-order valence-electron chi connectivity index (χ4n) is 2.30. The molecule has 0 aliphatic heterocycles. The summed E-state index contributed by atoms with van der Waals surface area (Å²) in [5.41, 5.74) is 1.78. The van der Waals surface area contributed by atoms with Crippen molar-refractivity contribution in [3.8, 4) is 0 Å². The Hall–Kier alpha value is -2.50. The second-order valence-electron chi connectivity index (χ2n) is 5.09. The molecule has 0 aliphatic carbocycles. The lowest BCUT2D eigenvalue weighted by atomic mass is 10.1. The number of hydrogen-bond acceptors (Lipinski definition) is 4. The molecule has 0 radical (unpaired) electrons. The van der Waals surface area contributed by atoms with Crippen LogP contribution in [0.25, 0.3) is 5.65 Å². The third-order valence-electron chi connectivity index (χ3n) is 3.34. The van der Waals surface area contributed by atoms with Gasteiger partial charge in [0.25, 0.3) is 0 Å². The summed E-state index contributed by atoms with van der Waals surface area (Å²) < 4.78 is 14.8. The van der Waals surface area contributed by atoms with Gasteiger partial charge >= 0.3 is 0 Å². The van der Waals surface area contributed by atoms with E-state index in [4.69, 9.17) is 0 Å². The molecule has 0 saturated carbocycles. The van der Waals surface area contributed by atoms with E-state index >= 15 is 0 Å². The van der Waals surface area contributed by atoms with Gasteiger partial charge in [0.15, 0.2) is 5.82 Å². The van der Waals surface area contributed by atoms with Crippen molar-refractivity contribution in [3.05, 3.63) is 53.9 Å². The Morgan fingerprint density at radius 1 is 1.24 bits per heavy atom. The summed E-state index contributed by atoms with van der Waals surface area (Å²) in [6, 6.07) is 6.68. The average molecular weight is 285 g/mol. The predicted octanol–water partition coefficient (Wildman–Crippen LogP) is 2.61. The minimum atomic E-state index is -0.218. The Morgan fingerprint density at radius 2 is 2.00 bits per heavy atom. The monoisotopic (exact) mass is 285 g/mol. The molecule has 5 nitrogen and oxygen atoms in total. The molecule has 0 amide bonds. The van der Waals surface area contributed by atoms with E-state index in [0.717, 1.165) is 17.8 Å². The van der Waals surface area contributed by atoms with Gasteiger partial charge in [0.05, 0.1) is 0 Å². The Balaban J connectivity index is 1.77. The highest BCUT2D eigenvalue weighted by molar-refractivity contribution is 5.62. The van der Waals surface area contributed by atoms with Gasteiger partial charge < -0.3 is 5.32 Å². The third-order valence-corrected chi connectivity index (χ3v) is 3.34. The first-order valence-corrected chi connectivity index (χ1v) is 6.81. The molecule has 21 heavy (non-hydrogen) atoms. The van der Waals surface area contributed by atoms with Crippen molar-refractivity contribution in [1.29, 1.82) is 0 Å². The molecule has 6 heteroatoms. The van der Waals surface area contributed by atoms with Crippen molar-refractivity contribution in [1.82, 2.24) is 19.6 Å². The van der Waals surface area contributed by atoms with Crippen molar-refractivity contribution >= 4 is 11.5 Å². The van der Waals surface area contributed by atoms with Crippen LogP contribution in [0.15, 0.2) is 36.7 Å². The van der Waals surface area contributed by atoms with Crippen molar-refractivity contribution in [3.63, 3.8) is 0 Å². The topological polar surface area (TPSA) is 55.1 Å². The Bertz CT molecular complexity index is 750. The number of aryl methyl sites for hydroxylation is 1. The molecule has 3 aromatic rings. The maximum atomic E-state index is 12.9. The maximum Gasteiger partial charge on any atom is 0.203 e. The standard InChI is InChI=1S/C15H16FN5/c1-10(9-12-3-5-13(16)6-4-12)18-14-15-20-19-11(2)21(15)8-7-17-14/h3-8,10H,9H2,1-2H3,(H,17,18). The average Bonchev–Trinajstić information content (AvgIpc) is 2.84. The summed E-state index contributed by atoms with van der Waals surface area (Å²) in [6.45, 7) is 3.95. The van der Waals surface area contributed by atoms with E-state index < -0.39 is 0 Å². The fourth-order valence-corrected chi connectivity index (χ4v) is 2.30. The van der Waals surface area contributed by atoms with E-state index in [-0.39, 0.29) is 11.9 Å². The number of aromatic nitrogens is 4. The minimum absolute atomic E-state index is 0.145. The minimum Gasteiger partial charge on any atom is -0.364 e. The van der Waals surface area contributed by atoms with E-state index in [1.165, 1.54) is 12.1 Å². The maximum absolute atomic E-state index is 12.9. The molecule has 2 heterocycles. The van der Waals surface area contributed by atoms with Gasteiger partial charge in [-0.25, -0.2) is 9.37 Å². The number of nitrogens with one attached hydrogen (secondary N) is 1. The van der Waals surface area contributed by atoms with E-state index in [1.54, 1.807) is 18.3 Å². The zero-order valence-corrected chi connectivity index (χ0v) is 11.9. The highest BCUT2D eigenvalue weighted by Crippen LogP contribution is 2.15. The lowest BCUT2D eigenvalue weighted by Crippen LogP contribution is -2.19. The van der Waals surface area contributed by atoms with Crippen LogP contribution >= 0.6 is 0 Å². The second kappa shape index (κ2) is 5.47. The number of anilines is 1. The van der Waals surface area contributed by atoms with Crippen LogP contribution in [-0.2, 0) is 6.42 Å². The van der Waals surface area contributed by atoms with Gasteiger partial charge in [-0.2, -0.15) is 0 Å². The van der Waals surface area contributed by atoms with E-state index in [9.17, 15) is 4.39 Å². The molecule has 1 atom stereocenters. The second-order valence-corrected chi connectivity index (χ2v) is 5.09. The van der Waals surface area contributed by atoms with Crippen molar-refractivity contribution < 1.29 is 4.39 Å². The van der Waals surface area contributed by atoms with E-state index in [2.05, 4.69) is 27.4 Å². The summed E-state index contributed by atoms with van der Waals surface area (Å²) in [7, 11) is 0. The molecular formula is C15H16FN5. The van der Waals surface area contributed by atoms with E-state index in [1.807, 2.05) is 17.5 Å². The van der Waals surface area contributed by atoms with E-state index in [0.29, 0.717) is 11.5 Å². The number of halogens is 1. The van der Waals surface area contributed by atoms with Crippen LogP contribution in [-0.4, -0.2) is 25.6 Å². The van der Waals surface area contributed by atoms with Gasteiger partial charge in [-0.05, 0) is 38.0 Å². The van der Waals surface area contributed by atoms with Gasteiger partial charge in [0.2, 0.25) is 5.65 Å². The van der Waals surface area contributed by atoms with Crippen LogP contribution in [0.3, 0.4) is 0 Å². The summed E-state index contributed by atoms with van der Waals surface area (Å²) in [5, 5.41) is 11.5. The normalized spacial score (nSPS) is 12.5. The van der Waals surface area contributed by atoms with Gasteiger partial charge in [-0.3, -0.25) is 4.40 Å². The number of rotatable bonds is 4. The summed E-state index contributed by atoms with van der Waals surface area (Å²) in [5.74, 6) is 1.30. The quantitative estimate of drug-likeness (QED) is 0.800. The molecule has 1 aromatic carbocycles. The highest BCUT2D eigenvalue weighted by atomic mass is 19.1. The first-order valence-electron chi connectivity index (χ1n) is 6.81. The molecule has 0 spiro atoms. The first kappa shape index (κ1) is 13.5. The smallest absolute Gasteiger partial charge is 0.203 e. The summed E-state index contributed by atoms with van der Waals surface area (Å²) in [4.78, 5) is 4.32. The van der Waals surface area contributed by atoms with Crippen LogP contribution in [0.1, 0.15) is 18.3 Å². The lowest BCUT2D eigenvalue weighted by Gasteiger charge is -2.14. The predicted molar refractivity (Wildman–Crippen MR) is 78.7 cm³/mol. The summed E-state index contributed by atoms with van der Waals surface area (Å²) >= 11 is 0. The molecule has 108 valence electrons. The van der Waals surface area contributed by atoms with Crippen molar-refractivity contribution in [2.45, 2.75) is 26.3 Å². The molecular weight excluding hydrogens is 269 g/mol. The largest absolute Gasteiger partial charge is 0.364 e. The van der Waals surface area contributed by atoms with Crippen molar-refractivity contribution in [2.75, 3.05) is 5.32 Å². The lowest BCUT2D eigenvalue weighted by molar-refractivity contribution is 0.626. The molecule has 1 N–H and O–H groups in total. The SMILES string of the molecule is Cc1nnc2c(NC(C)Cc3ccc(F)cc3)nccn12. The Morgan fingerprint density at radius 3 is 2.76 bits per heavy atom. The Kier molecular flexibility index (Phi) is 3.51. The molecule has 0 fully saturated rings. The fraction of sp³-hybridized carbons (Fsp3) is 0.267. The highest BCUT2D eigenvalue weighted by Gasteiger charge is 2.10. The molecule has 1 unspecified atom stereocenters.